The minimum atomic E-state index is 0.545. The van der Waals surface area contributed by atoms with Gasteiger partial charge in [0.25, 0.3) is 0 Å². The van der Waals surface area contributed by atoms with Gasteiger partial charge in [-0.25, -0.2) is 0 Å². The monoisotopic (exact) mass is 200 g/mol. The van der Waals surface area contributed by atoms with E-state index >= 15 is 0 Å². The lowest BCUT2D eigenvalue weighted by molar-refractivity contribution is 0.0995. The van der Waals surface area contributed by atoms with E-state index < -0.39 is 0 Å². The highest BCUT2D eigenvalue weighted by Gasteiger charge is 1.92. The molecule has 2 radical (unpaired) electrons. The zero-order chi connectivity index (χ0) is 9.94. The number of ether oxygens (including phenoxy) is 1. The number of hydrogen-bond donors (Lipinski definition) is 0. The summed E-state index contributed by atoms with van der Waals surface area (Å²) in [4.78, 5) is 0. The van der Waals surface area contributed by atoms with E-state index in [9.17, 15) is 0 Å². The van der Waals surface area contributed by atoms with Crippen molar-refractivity contribution in [1.29, 1.82) is 0 Å². The molecular weight excluding hydrogens is 180 g/mol. The fourth-order valence-electron chi connectivity index (χ4n) is 0.695. The van der Waals surface area contributed by atoms with Crippen molar-refractivity contribution in [3.63, 3.8) is 0 Å². The van der Waals surface area contributed by atoms with Crippen LogP contribution in [0.25, 0.3) is 0 Å². The molecule has 0 unspecified atom stereocenters. The smallest absolute Gasteiger partial charge is 0.234 e. The van der Waals surface area contributed by atoms with Gasteiger partial charge in [-0.2, -0.15) is 0 Å². The minimum absolute atomic E-state index is 0.545. The van der Waals surface area contributed by atoms with Gasteiger partial charge in [-0.15, -0.1) is 6.58 Å². The Kier molecular flexibility index (Phi) is 9.87. The topological polar surface area (TPSA) is 18.5 Å². The molecule has 0 aromatic carbocycles. The van der Waals surface area contributed by atoms with Gasteiger partial charge in [0, 0.05) is 6.61 Å². The van der Waals surface area contributed by atoms with Crippen molar-refractivity contribution in [3.05, 3.63) is 12.2 Å². The minimum Gasteiger partial charge on any atom is -0.415 e. The van der Waals surface area contributed by atoms with Gasteiger partial charge in [0.15, 0.2) is 0 Å². The van der Waals surface area contributed by atoms with E-state index in [1.54, 1.807) is 0 Å². The molecule has 13 heavy (non-hydrogen) atoms. The molecule has 0 N–H and O–H groups in total. The molecule has 76 valence electrons. The van der Waals surface area contributed by atoms with Crippen molar-refractivity contribution in [3.8, 4) is 0 Å². The Morgan fingerprint density at radius 2 is 2.08 bits per heavy atom. The number of unbranched alkanes of at least 4 members (excludes halogenated alkanes) is 1. The lowest BCUT2D eigenvalue weighted by Crippen LogP contribution is -2.07. The van der Waals surface area contributed by atoms with Crippen LogP contribution in [0.15, 0.2) is 12.2 Å². The van der Waals surface area contributed by atoms with Crippen LogP contribution in [-0.4, -0.2) is 29.6 Å². The second-order valence-electron chi connectivity index (χ2n) is 3.09. The average Bonchev–Trinajstić information content (AvgIpc) is 2.09. The van der Waals surface area contributed by atoms with E-state index in [1.165, 1.54) is 12.0 Å². The highest BCUT2D eigenvalue weighted by atomic mass is 28.2. The maximum absolute atomic E-state index is 5.37. The predicted octanol–water partition coefficient (Wildman–Crippen LogP) is 2.43. The van der Waals surface area contributed by atoms with Crippen LogP contribution in [0.3, 0.4) is 0 Å². The van der Waals surface area contributed by atoms with Crippen LogP contribution < -0.4 is 0 Å². The highest BCUT2D eigenvalue weighted by Crippen LogP contribution is 1.94. The van der Waals surface area contributed by atoms with Crippen molar-refractivity contribution in [1.82, 2.24) is 0 Å². The number of hydrogen-bond acceptors (Lipinski definition) is 2. The molecule has 0 aliphatic rings. The van der Waals surface area contributed by atoms with Gasteiger partial charge in [-0.1, -0.05) is 18.9 Å². The number of allylic oxidation sites excluding steroid dienone is 1. The Morgan fingerprint density at radius 3 is 2.69 bits per heavy atom. The second-order valence-corrected chi connectivity index (χ2v) is 4.02. The molecule has 0 saturated heterocycles. The van der Waals surface area contributed by atoms with Gasteiger partial charge in [0.1, 0.15) is 0 Å². The van der Waals surface area contributed by atoms with Gasteiger partial charge >= 0.3 is 0 Å². The summed E-state index contributed by atoms with van der Waals surface area (Å²) in [5, 5.41) is 0. The lowest BCUT2D eigenvalue weighted by Gasteiger charge is -2.03. The average molecular weight is 200 g/mol. The van der Waals surface area contributed by atoms with Crippen molar-refractivity contribution < 1.29 is 9.16 Å². The van der Waals surface area contributed by atoms with E-state index in [2.05, 4.69) is 13.5 Å². The first kappa shape index (κ1) is 12.9. The number of rotatable bonds is 9. The Hall–Kier alpha value is -0.123. The van der Waals surface area contributed by atoms with Crippen LogP contribution in [0.4, 0.5) is 0 Å². The Morgan fingerprint density at radius 1 is 1.31 bits per heavy atom. The summed E-state index contributed by atoms with van der Waals surface area (Å²) in [6, 6.07) is 0.981. The van der Waals surface area contributed by atoms with Crippen molar-refractivity contribution >= 4 is 9.76 Å². The standard InChI is InChI=1S/C10H20O2Si/c1-4-5-6-11-7-8-12-13-9-10(2)3/h2,4-9H2,1,3H3. The molecule has 0 aliphatic heterocycles. The Balaban J connectivity index is 2.87. The molecule has 0 aliphatic carbocycles. The summed E-state index contributed by atoms with van der Waals surface area (Å²) in [5.74, 6) is 0. The summed E-state index contributed by atoms with van der Waals surface area (Å²) in [5.41, 5.74) is 1.19. The molecule has 0 amide bonds. The summed E-state index contributed by atoms with van der Waals surface area (Å²) in [6.07, 6.45) is 2.34. The van der Waals surface area contributed by atoms with Crippen molar-refractivity contribution in [2.24, 2.45) is 0 Å². The van der Waals surface area contributed by atoms with Crippen LogP contribution in [0.2, 0.25) is 6.04 Å². The third-order valence-electron chi connectivity index (χ3n) is 1.45. The molecule has 0 atom stereocenters. The van der Waals surface area contributed by atoms with Crippen LogP contribution >= 0.6 is 0 Å². The molecule has 2 nitrogen and oxygen atoms in total. The van der Waals surface area contributed by atoms with Gasteiger partial charge in [-0.05, 0) is 19.4 Å². The zero-order valence-electron chi connectivity index (χ0n) is 8.77. The van der Waals surface area contributed by atoms with Crippen molar-refractivity contribution in [2.45, 2.75) is 32.7 Å². The lowest BCUT2D eigenvalue weighted by atomic mass is 10.4. The molecule has 0 aromatic heterocycles. The molecule has 3 heteroatoms. The van der Waals surface area contributed by atoms with Gasteiger partial charge in [0.2, 0.25) is 9.76 Å². The van der Waals surface area contributed by atoms with Gasteiger partial charge in [0.05, 0.1) is 13.2 Å². The first-order valence-electron chi connectivity index (χ1n) is 4.84. The van der Waals surface area contributed by atoms with Gasteiger partial charge in [-0.3, -0.25) is 0 Å². The van der Waals surface area contributed by atoms with Crippen LogP contribution in [0, 0.1) is 0 Å². The molecule has 0 rings (SSSR count). The van der Waals surface area contributed by atoms with E-state index in [1.807, 2.05) is 6.92 Å². The van der Waals surface area contributed by atoms with E-state index in [0.717, 1.165) is 32.3 Å². The molecule has 0 bridgehead atoms. The molecular formula is C10H20O2Si. The molecule has 0 heterocycles. The third kappa shape index (κ3) is 11.9. The SMILES string of the molecule is C=C(C)C[Si]OCCOCCCC. The predicted molar refractivity (Wildman–Crippen MR) is 57.1 cm³/mol. The summed E-state index contributed by atoms with van der Waals surface area (Å²) in [7, 11) is 0.545. The zero-order valence-corrected chi connectivity index (χ0v) is 9.77. The second kappa shape index (κ2) is 9.96. The quantitative estimate of drug-likeness (QED) is 0.323. The maximum Gasteiger partial charge on any atom is 0.234 e. The Labute approximate surface area is 84.3 Å². The Bertz CT molecular complexity index is 126. The normalized spacial score (nSPS) is 10.3. The largest absolute Gasteiger partial charge is 0.415 e. The fourth-order valence-corrected chi connectivity index (χ4v) is 1.27. The molecule has 0 saturated carbocycles. The van der Waals surface area contributed by atoms with Crippen LogP contribution in [0.1, 0.15) is 26.7 Å². The van der Waals surface area contributed by atoms with E-state index in [-0.39, 0.29) is 0 Å². The molecule has 0 fully saturated rings. The summed E-state index contributed by atoms with van der Waals surface area (Å²) in [6.45, 7) is 10.3. The fraction of sp³-hybridized carbons (Fsp3) is 0.800. The van der Waals surface area contributed by atoms with Crippen LogP contribution in [-0.2, 0) is 9.16 Å². The summed E-state index contributed by atoms with van der Waals surface area (Å²) >= 11 is 0. The van der Waals surface area contributed by atoms with Gasteiger partial charge < -0.3 is 9.16 Å². The first-order chi connectivity index (χ1) is 6.27. The first-order valence-corrected chi connectivity index (χ1v) is 5.95. The highest BCUT2D eigenvalue weighted by molar-refractivity contribution is 6.28. The molecule has 0 aromatic rings. The maximum atomic E-state index is 5.37. The van der Waals surface area contributed by atoms with Crippen LogP contribution in [0.5, 0.6) is 0 Å². The summed E-state index contributed by atoms with van der Waals surface area (Å²) < 4.78 is 10.7. The van der Waals surface area contributed by atoms with E-state index in [0.29, 0.717) is 9.76 Å². The van der Waals surface area contributed by atoms with Crippen molar-refractivity contribution in [2.75, 3.05) is 19.8 Å². The van der Waals surface area contributed by atoms with E-state index in [4.69, 9.17) is 9.16 Å². The molecule has 0 spiro atoms. The third-order valence-corrected chi connectivity index (χ3v) is 2.60.